The van der Waals surface area contributed by atoms with E-state index in [1.165, 1.54) is 32.4 Å². The summed E-state index contributed by atoms with van der Waals surface area (Å²) in [5.41, 5.74) is 7.60. The van der Waals surface area contributed by atoms with Gasteiger partial charge in [-0.25, -0.2) is 4.98 Å². The third-order valence-corrected chi connectivity index (χ3v) is 5.13. The van der Waals surface area contributed by atoms with Gasteiger partial charge >= 0.3 is 0 Å². The van der Waals surface area contributed by atoms with E-state index in [2.05, 4.69) is 38.1 Å². The summed E-state index contributed by atoms with van der Waals surface area (Å²) in [7, 11) is 0. The minimum atomic E-state index is 0.726. The number of hydrogen-bond acceptors (Lipinski definition) is 4. The van der Waals surface area contributed by atoms with E-state index in [9.17, 15) is 0 Å². The fraction of sp³-hybridized carbons (Fsp3) is 0.667. The van der Waals surface area contributed by atoms with Gasteiger partial charge in [0.15, 0.2) is 0 Å². The lowest BCUT2D eigenvalue weighted by molar-refractivity contribution is 0.160. The predicted octanol–water partition coefficient (Wildman–Crippen LogP) is 3.41. The Balaban J connectivity index is 1.77. The highest BCUT2D eigenvalue weighted by molar-refractivity contribution is 9.10. The highest BCUT2D eigenvalue weighted by Gasteiger charge is 2.17. The molecule has 1 aliphatic heterocycles. The predicted molar refractivity (Wildman–Crippen MR) is 89.1 cm³/mol. The largest absolute Gasteiger partial charge is 0.397 e. The summed E-state index contributed by atoms with van der Waals surface area (Å²) >= 11 is 3.55. The lowest BCUT2D eigenvalue weighted by Gasteiger charge is -2.33. The Hall–Kier alpha value is -0.810. The topological polar surface area (TPSA) is 54.2 Å². The Bertz CT molecular complexity index is 450. The van der Waals surface area contributed by atoms with Crippen LogP contribution in [0, 0.1) is 6.92 Å². The summed E-state index contributed by atoms with van der Waals surface area (Å²) in [5, 5.41) is 3.40. The first kappa shape index (κ1) is 15.6. The van der Waals surface area contributed by atoms with Crippen LogP contribution in [0.15, 0.2) is 10.7 Å². The highest BCUT2D eigenvalue weighted by Crippen LogP contribution is 2.27. The molecule has 0 saturated carbocycles. The maximum absolute atomic E-state index is 5.83. The molecule has 1 unspecified atom stereocenters. The number of anilines is 2. The number of nitrogen functional groups attached to an aromatic ring is 1. The smallest absolute Gasteiger partial charge is 0.140 e. The van der Waals surface area contributed by atoms with Crippen LogP contribution in [-0.4, -0.2) is 35.6 Å². The molecule has 1 aromatic rings. The van der Waals surface area contributed by atoms with Gasteiger partial charge in [0.25, 0.3) is 0 Å². The molecule has 1 fully saturated rings. The molecular formula is C15H25BrN4. The maximum atomic E-state index is 5.83. The van der Waals surface area contributed by atoms with Gasteiger partial charge in [0.2, 0.25) is 0 Å². The van der Waals surface area contributed by atoms with Crippen LogP contribution in [-0.2, 0) is 0 Å². The molecule has 0 spiro atoms. The monoisotopic (exact) mass is 340 g/mol. The van der Waals surface area contributed by atoms with Crippen LogP contribution in [0.3, 0.4) is 0 Å². The highest BCUT2D eigenvalue weighted by atomic mass is 79.9. The van der Waals surface area contributed by atoms with E-state index in [0.717, 1.165) is 40.5 Å². The van der Waals surface area contributed by atoms with E-state index in [4.69, 9.17) is 5.73 Å². The number of piperidine rings is 1. The van der Waals surface area contributed by atoms with E-state index < -0.39 is 0 Å². The average molecular weight is 341 g/mol. The molecule has 1 atom stereocenters. The fourth-order valence-corrected chi connectivity index (χ4v) is 3.17. The van der Waals surface area contributed by atoms with Crippen LogP contribution < -0.4 is 11.1 Å². The van der Waals surface area contributed by atoms with Crippen molar-refractivity contribution in [3.63, 3.8) is 0 Å². The number of rotatable bonds is 5. The number of nitrogens with zero attached hydrogens (tertiary/aromatic N) is 2. The van der Waals surface area contributed by atoms with Crippen LogP contribution in [0.4, 0.5) is 11.5 Å². The van der Waals surface area contributed by atoms with E-state index in [1.54, 1.807) is 6.20 Å². The molecule has 3 N–H and O–H groups in total. The Labute approximate surface area is 130 Å². The molecule has 0 amide bonds. The lowest BCUT2D eigenvalue weighted by atomic mass is 10.0. The Morgan fingerprint density at radius 3 is 3.05 bits per heavy atom. The third-order valence-electron chi connectivity index (χ3n) is 4.16. The van der Waals surface area contributed by atoms with Crippen LogP contribution in [0.5, 0.6) is 0 Å². The van der Waals surface area contributed by atoms with Crippen LogP contribution >= 0.6 is 15.9 Å². The summed E-state index contributed by atoms with van der Waals surface area (Å²) in [5.74, 6) is 0.892. The molecule has 2 rings (SSSR count). The van der Waals surface area contributed by atoms with Gasteiger partial charge in [0.1, 0.15) is 5.82 Å². The zero-order valence-electron chi connectivity index (χ0n) is 12.5. The first-order chi connectivity index (χ1) is 9.59. The summed E-state index contributed by atoms with van der Waals surface area (Å²) in [6.45, 7) is 7.71. The number of hydrogen-bond donors (Lipinski definition) is 2. The van der Waals surface area contributed by atoms with Crippen molar-refractivity contribution in [3.05, 3.63) is 16.2 Å². The molecule has 20 heavy (non-hydrogen) atoms. The van der Waals surface area contributed by atoms with Crippen molar-refractivity contribution in [1.29, 1.82) is 0 Å². The van der Waals surface area contributed by atoms with Crippen molar-refractivity contribution in [1.82, 2.24) is 9.88 Å². The van der Waals surface area contributed by atoms with Crippen molar-refractivity contribution in [2.75, 3.05) is 30.7 Å². The standard InChI is InChI=1S/C15H25BrN4/c1-11-6-3-4-8-20(11)9-5-7-18-15-14(16)12(2)13(17)10-19-15/h10-11H,3-9,17H2,1-2H3,(H,18,19). The van der Waals surface area contributed by atoms with Gasteiger partial charge in [-0.3, -0.25) is 0 Å². The molecule has 0 aliphatic carbocycles. The molecule has 4 nitrogen and oxygen atoms in total. The Morgan fingerprint density at radius 2 is 2.30 bits per heavy atom. The molecular weight excluding hydrogens is 316 g/mol. The number of nitrogens with one attached hydrogen (secondary N) is 1. The zero-order valence-corrected chi connectivity index (χ0v) is 14.0. The van der Waals surface area contributed by atoms with E-state index in [-0.39, 0.29) is 0 Å². The minimum Gasteiger partial charge on any atom is -0.397 e. The third kappa shape index (κ3) is 3.85. The molecule has 0 aromatic carbocycles. The first-order valence-electron chi connectivity index (χ1n) is 7.48. The van der Waals surface area contributed by atoms with Crippen LogP contribution in [0.25, 0.3) is 0 Å². The van der Waals surface area contributed by atoms with Crippen LogP contribution in [0.1, 0.15) is 38.2 Å². The first-order valence-corrected chi connectivity index (χ1v) is 8.27. The normalized spacial score (nSPS) is 20.1. The summed E-state index contributed by atoms with van der Waals surface area (Å²) < 4.78 is 0.976. The van der Waals surface area contributed by atoms with Crippen molar-refractivity contribution in [2.45, 2.75) is 45.6 Å². The van der Waals surface area contributed by atoms with Gasteiger partial charge in [-0.2, -0.15) is 0 Å². The van der Waals surface area contributed by atoms with Gasteiger partial charge in [-0.05, 0) is 61.1 Å². The molecule has 5 heteroatoms. The minimum absolute atomic E-state index is 0.726. The summed E-state index contributed by atoms with van der Waals surface area (Å²) in [6.07, 6.45) is 6.94. The van der Waals surface area contributed by atoms with E-state index >= 15 is 0 Å². The van der Waals surface area contributed by atoms with Crippen molar-refractivity contribution in [2.24, 2.45) is 0 Å². The second kappa shape index (κ2) is 7.27. The molecule has 1 saturated heterocycles. The molecule has 0 bridgehead atoms. The van der Waals surface area contributed by atoms with Gasteiger partial charge < -0.3 is 16.0 Å². The summed E-state index contributed by atoms with van der Waals surface area (Å²) in [6, 6.07) is 0.743. The lowest BCUT2D eigenvalue weighted by Crippen LogP contribution is -2.38. The van der Waals surface area contributed by atoms with Crippen molar-refractivity contribution >= 4 is 27.4 Å². The molecule has 1 aliphatic rings. The fourth-order valence-electron chi connectivity index (χ4n) is 2.69. The Kier molecular flexibility index (Phi) is 5.66. The average Bonchev–Trinajstić information content (AvgIpc) is 2.45. The number of nitrogens with two attached hydrogens (primary N) is 1. The second-order valence-electron chi connectivity index (χ2n) is 5.66. The second-order valence-corrected chi connectivity index (χ2v) is 6.46. The molecule has 0 radical (unpaired) electrons. The number of aromatic nitrogens is 1. The summed E-state index contributed by atoms with van der Waals surface area (Å²) in [4.78, 5) is 6.94. The van der Waals surface area contributed by atoms with Gasteiger partial charge in [0.05, 0.1) is 16.4 Å². The number of pyridine rings is 1. The number of likely N-dealkylation sites (tertiary alicyclic amines) is 1. The van der Waals surface area contributed by atoms with Gasteiger partial charge in [-0.1, -0.05) is 6.42 Å². The number of halogens is 1. The van der Waals surface area contributed by atoms with E-state index in [1.807, 2.05) is 6.92 Å². The SMILES string of the molecule is Cc1c(N)cnc(NCCCN2CCCCC2C)c1Br. The maximum Gasteiger partial charge on any atom is 0.140 e. The molecule has 112 valence electrons. The Morgan fingerprint density at radius 1 is 1.50 bits per heavy atom. The molecule has 1 aromatic heterocycles. The van der Waals surface area contributed by atoms with Crippen molar-refractivity contribution < 1.29 is 0 Å². The van der Waals surface area contributed by atoms with E-state index in [0.29, 0.717) is 0 Å². The van der Waals surface area contributed by atoms with Crippen molar-refractivity contribution in [3.8, 4) is 0 Å². The van der Waals surface area contributed by atoms with Gasteiger partial charge in [-0.15, -0.1) is 0 Å². The zero-order chi connectivity index (χ0) is 14.5. The van der Waals surface area contributed by atoms with Crippen LogP contribution in [0.2, 0.25) is 0 Å². The quantitative estimate of drug-likeness (QED) is 0.806. The molecule has 2 heterocycles. The van der Waals surface area contributed by atoms with Gasteiger partial charge in [0, 0.05) is 19.1 Å².